The first-order valence-corrected chi connectivity index (χ1v) is 6.07. The van der Waals surface area contributed by atoms with Crippen LogP contribution in [0.15, 0.2) is 6.20 Å². The summed E-state index contributed by atoms with van der Waals surface area (Å²) in [6, 6.07) is 0. The number of hydrogen-bond donors (Lipinski definition) is 2. The van der Waals surface area contributed by atoms with E-state index in [0.717, 1.165) is 24.5 Å². The van der Waals surface area contributed by atoms with Crippen molar-refractivity contribution >= 4 is 11.8 Å². The van der Waals surface area contributed by atoms with Crippen LogP contribution in [0.3, 0.4) is 0 Å². The molecule has 1 aromatic rings. The first-order valence-electron chi connectivity index (χ1n) is 6.07. The van der Waals surface area contributed by atoms with E-state index in [1.165, 1.54) is 12.8 Å². The van der Waals surface area contributed by atoms with Gasteiger partial charge in [0.25, 0.3) is 0 Å². The summed E-state index contributed by atoms with van der Waals surface area (Å²) in [6.07, 6.45) is 4.21. The van der Waals surface area contributed by atoms with Gasteiger partial charge in [-0.25, -0.2) is 10.8 Å². The molecule has 0 unspecified atom stereocenters. The van der Waals surface area contributed by atoms with Crippen LogP contribution in [0.2, 0.25) is 0 Å². The van der Waals surface area contributed by atoms with Crippen molar-refractivity contribution in [3.63, 3.8) is 0 Å². The molecular formula is C12H21N5. The lowest BCUT2D eigenvalue weighted by Crippen LogP contribution is -2.38. The predicted octanol–water partition coefficient (Wildman–Crippen LogP) is 1.70. The van der Waals surface area contributed by atoms with Crippen LogP contribution in [-0.2, 0) is 0 Å². The summed E-state index contributed by atoms with van der Waals surface area (Å²) < 4.78 is 0. The van der Waals surface area contributed by atoms with Crippen LogP contribution < -0.4 is 16.2 Å². The second-order valence-electron chi connectivity index (χ2n) is 5.50. The maximum Gasteiger partial charge on any atom is 0.239 e. The molecule has 0 aromatic carbocycles. The van der Waals surface area contributed by atoms with Crippen LogP contribution in [0.1, 0.15) is 32.3 Å². The summed E-state index contributed by atoms with van der Waals surface area (Å²) in [4.78, 5) is 10.9. The summed E-state index contributed by atoms with van der Waals surface area (Å²) in [7, 11) is 0. The lowest BCUT2D eigenvalue weighted by atomic mass is 9.82. The fourth-order valence-corrected chi connectivity index (χ4v) is 2.15. The normalized spacial score (nSPS) is 19.2. The van der Waals surface area contributed by atoms with Gasteiger partial charge in [0, 0.05) is 24.8 Å². The van der Waals surface area contributed by atoms with E-state index < -0.39 is 0 Å². The number of aromatic nitrogens is 2. The molecule has 17 heavy (non-hydrogen) atoms. The molecule has 5 nitrogen and oxygen atoms in total. The van der Waals surface area contributed by atoms with Gasteiger partial charge in [-0.15, -0.1) is 0 Å². The first kappa shape index (κ1) is 12.1. The maximum absolute atomic E-state index is 5.35. The molecule has 1 aliphatic heterocycles. The Balaban J connectivity index is 2.17. The van der Waals surface area contributed by atoms with E-state index in [1.54, 1.807) is 0 Å². The molecule has 1 aliphatic rings. The van der Waals surface area contributed by atoms with Gasteiger partial charge < -0.3 is 4.90 Å². The Hall–Kier alpha value is -1.36. The highest BCUT2D eigenvalue weighted by Gasteiger charge is 2.26. The number of piperidine rings is 1. The number of aryl methyl sites for hydroxylation is 1. The Morgan fingerprint density at radius 2 is 2.00 bits per heavy atom. The predicted molar refractivity (Wildman–Crippen MR) is 69.8 cm³/mol. The number of nitrogens with one attached hydrogen (secondary N) is 1. The van der Waals surface area contributed by atoms with Gasteiger partial charge in [0.2, 0.25) is 5.95 Å². The highest BCUT2D eigenvalue weighted by molar-refractivity contribution is 5.49. The molecule has 1 fully saturated rings. The second kappa shape index (κ2) is 4.49. The summed E-state index contributed by atoms with van der Waals surface area (Å²) >= 11 is 0. The second-order valence-corrected chi connectivity index (χ2v) is 5.50. The molecule has 2 heterocycles. The SMILES string of the molecule is Cc1cnc(NN)nc1N1CCC(C)(C)CC1. The van der Waals surface area contributed by atoms with Crippen LogP contribution in [-0.4, -0.2) is 23.1 Å². The van der Waals surface area contributed by atoms with Crippen LogP contribution in [0.25, 0.3) is 0 Å². The smallest absolute Gasteiger partial charge is 0.239 e. The molecule has 94 valence electrons. The van der Waals surface area contributed by atoms with Gasteiger partial charge in [-0.3, -0.25) is 5.43 Å². The minimum Gasteiger partial charge on any atom is -0.356 e. The zero-order valence-corrected chi connectivity index (χ0v) is 10.8. The average molecular weight is 235 g/mol. The number of nitrogens with zero attached hydrogens (tertiary/aromatic N) is 3. The van der Waals surface area contributed by atoms with Crippen LogP contribution in [0.4, 0.5) is 11.8 Å². The van der Waals surface area contributed by atoms with E-state index in [2.05, 4.69) is 34.1 Å². The van der Waals surface area contributed by atoms with E-state index in [-0.39, 0.29) is 0 Å². The number of hydrogen-bond acceptors (Lipinski definition) is 5. The van der Waals surface area contributed by atoms with Crippen LogP contribution in [0.5, 0.6) is 0 Å². The standard InChI is InChI=1S/C12H21N5/c1-9-8-14-11(16-13)15-10(9)17-6-4-12(2,3)5-7-17/h8H,4-7,13H2,1-3H3,(H,14,15,16). The third kappa shape index (κ3) is 2.66. The number of nitrogens with two attached hydrogens (primary N) is 1. The van der Waals surface area contributed by atoms with Gasteiger partial charge in [-0.2, -0.15) is 4.98 Å². The Bertz CT molecular complexity index is 392. The first-order chi connectivity index (χ1) is 8.02. The molecule has 3 N–H and O–H groups in total. The Labute approximate surface area is 102 Å². The molecule has 5 heteroatoms. The van der Waals surface area contributed by atoms with Gasteiger partial charge in [0.1, 0.15) is 5.82 Å². The number of rotatable bonds is 2. The topological polar surface area (TPSA) is 67.1 Å². The molecule has 1 saturated heterocycles. The van der Waals surface area contributed by atoms with Crippen LogP contribution >= 0.6 is 0 Å². The molecule has 2 rings (SSSR count). The van der Waals surface area contributed by atoms with Gasteiger partial charge in [-0.05, 0) is 25.2 Å². The summed E-state index contributed by atoms with van der Waals surface area (Å²) in [6.45, 7) is 8.78. The fraction of sp³-hybridized carbons (Fsp3) is 0.667. The molecule has 1 aromatic heterocycles. The maximum atomic E-state index is 5.35. The zero-order chi connectivity index (χ0) is 12.5. The highest BCUT2D eigenvalue weighted by atomic mass is 15.3. The Morgan fingerprint density at radius 1 is 1.35 bits per heavy atom. The lowest BCUT2D eigenvalue weighted by Gasteiger charge is -2.38. The third-order valence-corrected chi connectivity index (χ3v) is 3.49. The van der Waals surface area contributed by atoms with Crippen molar-refractivity contribution < 1.29 is 0 Å². The molecule has 0 saturated carbocycles. The van der Waals surface area contributed by atoms with E-state index in [0.29, 0.717) is 11.4 Å². The van der Waals surface area contributed by atoms with Gasteiger partial charge in [0.05, 0.1) is 0 Å². The Kier molecular flexibility index (Phi) is 3.19. The minimum absolute atomic E-state index is 0.451. The number of nitrogen functional groups attached to an aromatic ring is 1. The minimum atomic E-state index is 0.451. The molecule has 0 radical (unpaired) electrons. The summed E-state index contributed by atoms with van der Waals surface area (Å²) in [5.41, 5.74) is 4.05. The lowest BCUT2D eigenvalue weighted by molar-refractivity contribution is 0.279. The van der Waals surface area contributed by atoms with E-state index in [9.17, 15) is 0 Å². The Morgan fingerprint density at radius 3 is 2.59 bits per heavy atom. The summed E-state index contributed by atoms with van der Waals surface area (Å²) in [5, 5.41) is 0. The molecule has 0 bridgehead atoms. The van der Waals surface area contributed by atoms with Crippen LogP contribution in [0, 0.1) is 12.3 Å². The number of anilines is 2. The number of hydrazine groups is 1. The molecular weight excluding hydrogens is 214 g/mol. The largest absolute Gasteiger partial charge is 0.356 e. The van der Waals surface area contributed by atoms with E-state index in [4.69, 9.17) is 5.84 Å². The van der Waals surface area contributed by atoms with Crippen molar-refractivity contribution in [1.82, 2.24) is 9.97 Å². The monoisotopic (exact) mass is 235 g/mol. The van der Waals surface area contributed by atoms with Gasteiger partial charge in [-0.1, -0.05) is 13.8 Å². The van der Waals surface area contributed by atoms with E-state index >= 15 is 0 Å². The zero-order valence-electron chi connectivity index (χ0n) is 10.8. The fourth-order valence-electron chi connectivity index (χ4n) is 2.15. The van der Waals surface area contributed by atoms with Crippen molar-refractivity contribution in [2.75, 3.05) is 23.4 Å². The van der Waals surface area contributed by atoms with Crippen molar-refractivity contribution in [1.29, 1.82) is 0 Å². The van der Waals surface area contributed by atoms with Gasteiger partial charge in [0.15, 0.2) is 0 Å². The van der Waals surface area contributed by atoms with Crippen molar-refractivity contribution in [3.05, 3.63) is 11.8 Å². The summed E-state index contributed by atoms with van der Waals surface area (Å²) in [5.74, 6) is 6.83. The average Bonchev–Trinajstić information content (AvgIpc) is 2.30. The molecule has 0 spiro atoms. The molecule has 0 aliphatic carbocycles. The van der Waals surface area contributed by atoms with E-state index in [1.807, 2.05) is 13.1 Å². The van der Waals surface area contributed by atoms with Crippen molar-refractivity contribution in [2.24, 2.45) is 11.3 Å². The molecule has 0 atom stereocenters. The van der Waals surface area contributed by atoms with Crippen molar-refractivity contribution in [2.45, 2.75) is 33.6 Å². The quantitative estimate of drug-likeness (QED) is 0.603. The highest BCUT2D eigenvalue weighted by Crippen LogP contribution is 2.32. The van der Waals surface area contributed by atoms with Crippen molar-refractivity contribution in [3.8, 4) is 0 Å². The molecule has 0 amide bonds. The van der Waals surface area contributed by atoms with Gasteiger partial charge >= 0.3 is 0 Å². The third-order valence-electron chi connectivity index (χ3n) is 3.49.